The van der Waals surface area contributed by atoms with Gasteiger partial charge in [0.25, 0.3) is 0 Å². The van der Waals surface area contributed by atoms with Gasteiger partial charge in [-0.15, -0.1) is 0 Å². The molecule has 1 aromatic heterocycles. The second kappa shape index (κ2) is 4.39. The van der Waals surface area contributed by atoms with Gasteiger partial charge in [-0.2, -0.15) is 0 Å². The SMILES string of the molecule is Nc1cc(C(N)c2ccncc2)cc(N)c1F. The van der Waals surface area contributed by atoms with E-state index in [-0.39, 0.29) is 11.4 Å². The molecule has 88 valence electrons. The molecule has 0 amide bonds. The molecule has 1 heterocycles. The van der Waals surface area contributed by atoms with Crippen molar-refractivity contribution in [1.29, 1.82) is 0 Å². The predicted molar refractivity (Wildman–Crippen MR) is 65.5 cm³/mol. The third-order valence-corrected chi connectivity index (χ3v) is 2.58. The van der Waals surface area contributed by atoms with E-state index in [0.717, 1.165) is 5.56 Å². The first-order valence-corrected chi connectivity index (χ1v) is 5.09. The second-order valence-corrected chi connectivity index (χ2v) is 3.77. The fraction of sp³-hybridized carbons (Fsp3) is 0.0833. The Morgan fingerprint density at radius 2 is 1.53 bits per heavy atom. The number of nitrogens with zero attached hydrogens (tertiary/aromatic N) is 1. The largest absolute Gasteiger partial charge is 0.396 e. The molecule has 0 radical (unpaired) electrons. The molecule has 4 nitrogen and oxygen atoms in total. The highest BCUT2D eigenvalue weighted by atomic mass is 19.1. The van der Waals surface area contributed by atoms with Crippen molar-refractivity contribution in [2.24, 2.45) is 5.73 Å². The summed E-state index contributed by atoms with van der Waals surface area (Å²) in [6, 6.07) is 6.18. The quantitative estimate of drug-likeness (QED) is 0.683. The molecule has 0 saturated carbocycles. The summed E-state index contributed by atoms with van der Waals surface area (Å²) in [4.78, 5) is 3.91. The first-order chi connectivity index (χ1) is 8.09. The van der Waals surface area contributed by atoms with Crippen LogP contribution in [-0.4, -0.2) is 4.98 Å². The maximum atomic E-state index is 13.3. The lowest BCUT2D eigenvalue weighted by Gasteiger charge is -2.14. The van der Waals surface area contributed by atoms with Gasteiger partial charge in [-0.25, -0.2) is 4.39 Å². The molecule has 17 heavy (non-hydrogen) atoms. The Hall–Kier alpha value is -2.14. The molecule has 1 aromatic carbocycles. The van der Waals surface area contributed by atoms with Crippen molar-refractivity contribution >= 4 is 11.4 Å². The van der Waals surface area contributed by atoms with Crippen LogP contribution in [-0.2, 0) is 0 Å². The molecule has 0 aliphatic carbocycles. The normalized spacial score (nSPS) is 12.4. The third-order valence-electron chi connectivity index (χ3n) is 2.58. The Bertz CT molecular complexity index is 504. The van der Waals surface area contributed by atoms with Gasteiger partial charge in [0.05, 0.1) is 17.4 Å². The molecule has 2 aromatic rings. The Balaban J connectivity index is 2.41. The number of hydrogen-bond acceptors (Lipinski definition) is 4. The van der Waals surface area contributed by atoms with Gasteiger partial charge < -0.3 is 17.2 Å². The lowest BCUT2D eigenvalue weighted by molar-refractivity contribution is 0.636. The van der Waals surface area contributed by atoms with Crippen LogP contribution in [0, 0.1) is 5.82 Å². The Morgan fingerprint density at radius 3 is 2.06 bits per heavy atom. The van der Waals surface area contributed by atoms with E-state index in [0.29, 0.717) is 5.56 Å². The van der Waals surface area contributed by atoms with Crippen LogP contribution >= 0.6 is 0 Å². The van der Waals surface area contributed by atoms with E-state index in [1.54, 1.807) is 24.5 Å². The fourth-order valence-corrected chi connectivity index (χ4v) is 1.64. The van der Waals surface area contributed by atoms with Crippen molar-refractivity contribution in [3.05, 3.63) is 53.6 Å². The number of nitrogen functional groups attached to an aromatic ring is 2. The molecule has 0 aliphatic rings. The van der Waals surface area contributed by atoms with E-state index in [1.807, 2.05) is 0 Å². The van der Waals surface area contributed by atoms with Gasteiger partial charge in [0, 0.05) is 12.4 Å². The van der Waals surface area contributed by atoms with Gasteiger partial charge in [0.1, 0.15) is 0 Å². The van der Waals surface area contributed by atoms with Crippen molar-refractivity contribution < 1.29 is 4.39 Å². The molecular formula is C12H13FN4. The number of rotatable bonds is 2. The van der Waals surface area contributed by atoms with Crippen LogP contribution in [0.5, 0.6) is 0 Å². The zero-order chi connectivity index (χ0) is 12.4. The van der Waals surface area contributed by atoms with Gasteiger partial charge >= 0.3 is 0 Å². The molecule has 6 N–H and O–H groups in total. The van der Waals surface area contributed by atoms with E-state index in [9.17, 15) is 4.39 Å². The van der Waals surface area contributed by atoms with E-state index >= 15 is 0 Å². The summed E-state index contributed by atoms with van der Waals surface area (Å²) in [6.45, 7) is 0. The van der Waals surface area contributed by atoms with Gasteiger partial charge in [-0.05, 0) is 35.4 Å². The highest BCUT2D eigenvalue weighted by molar-refractivity contribution is 5.57. The third kappa shape index (κ3) is 2.19. The van der Waals surface area contributed by atoms with Crippen LogP contribution in [0.1, 0.15) is 17.2 Å². The monoisotopic (exact) mass is 232 g/mol. The van der Waals surface area contributed by atoms with Gasteiger partial charge in [-0.3, -0.25) is 4.98 Å². The van der Waals surface area contributed by atoms with Crippen LogP contribution in [0.2, 0.25) is 0 Å². The zero-order valence-electron chi connectivity index (χ0n) is 9.10. The van der Waals surface area contributed by atoms with Crippen LogP contribution in [0.15, 0.2) is 36.7 Å². The highest BCUT2D eigenvalue weighted by Gasteiger charge is 2.12. The Morgan fingerprint density at radius 1 is 1.00 bits per heavy atom. The molecule has 1 atom stereocenters. The minimum absolute atomic E-state index is 0.00417. The topological polar surface area (TPSA) is 91.0 Å². The molecule has 0 bridgehead atoms. The van der Waals surface area contributed by atoms with E-state index < -0.39 is 11.9 Å². The number of benzene rings is 1. The van der Waals surface area contributed by atoms with Crippen molar-refractivity contribution in [2.45, 2.75) is 6.04 Å². The lowest BCUT2D eigenvalue weighted by Crippen LogP contribution is -2.13. The number of aromatic nitrogens is 1. The number of anilines is 2. The van der Waals surface area contributed by atoms with Gasteiger partial charge in [0.15, 0.2) is 5.82 Å². The van der Waals surface area contributed by atoms with Crippen LogP contribution in [0.3, 0.4) is 0 Å². The van der Waals surface area contributed by atoms with Crippen molar-refractivity contribution in [3.63, 3.8) is 0 Å². The summed E-state index contributed by atoms with van der Waals surface area (Å²) in [5, 5.41) is 0. The van der Waals surface area contributed by atoms with Crippen molar-refractivity contribution in [3.8, 4) is 0 Å². The Labute approximate surface area is 98.3 Å². The lowest BCUT2D eigenvalue weighted by atomic mass is 9.99. The van der Waals surface area contributed by atoms with E-state index in [2.05, 4.69) is 4.98 Å². The van der Waals surface area contributed by atoms with Gasteiger partial charge in [-0.1, -0.05) is 0 Å². The first kappa shape index (κ1) is 11.3. The summed E-state index contributed by atoms with van der Waals surface area (Å²) >= 11 is 0. The van der Waals surface area contributed by atoms with Crippen LogP contribution in [0.4, 0.5) is 15.8 Å². The molecule has 0 spiro atoms. The average Bonchev–Trinajstić information content (AvgIpc) is 2.35. The van der Waals surface area contributed by atoms with Crippen LogP contribution in [0.25, 0.3) is 0 Å². The number of hydrogen-bond donors (Lipinski definition) is 3. The molecule has 0 saturated heterocycles. The number of nitrogens with two attached hydrogens (primary N) is 3. The average molecular weight is 232 g/mol. The zero-order valence-corrected chi connectivity index (χ0v) is 9.10. The molecule has 1 unspecified atom stereocenters. The van der Waals surface area contributed by atoms with Crippen molar-refractivity contribution in [2.75, 3.05) is 11.5 Å². The standard InChI is InChI=1S/C12H13FN4/c13-11-9(14)5-8(6-10(11)15)12(16)7-1-3-17-4-2-7/h1-6,12H,14-16H2. The summed E-state index contributed by atoms with van der Waals surface area (Å²) in [7, 11) is 0. The second-order valence-electron chi connectivity index (χ2n) is 3.77. The smallest absolute Gasteiger partial charge is 0.168 e. The maximum absolute atomic E-state index is 13.3. The number of halogens is 1. The van der Waals surface area contributed by atoms with Gasteiger partial charge in [0.2, 0.25) is 0 Å². The predicted octanol–water partition coefficient (Wildman–Crippen LogP) is 1.43. The first-order valence-electron chi connectivity index (χ1n) is 5.09. The molecule has 5 heteroatoms. The summed E-state index contributed by atoms with van der Waals surface area (Å²) < 4.78 is 13.3. The van der Waals surface area contributed by atoms with Crippen molar-refractivity contribution in [1.82, 2.24) is 4.98 Å². The summed E-state index contributed by atoms with van der Waals surface area (Å²) in [6.07, 6.45) is 3.29. The molecule has 0 aliphatic heterocycles. The van der Waals surface area contributed by atoms with Crippen LogP contribution < -0.4 is 17.2 Å². The molecule has 2 rings (SSSR count). The molecular weight excluding hydrogens is 219 g/mol. The maximum Gasteiger partial charge on any atom is 0.168 e. The fourth-order valence-electron chi connectivity index (χ4n) is 1.64. The molecule has 0 fully saturated rings. The summed E-state index contributed by atoms with van der Waals surface area (Å²) in [5.41, 5.74) is 18.6. The summed E-state index contributed by atoms with van der Waals surface area (Å²) in [5.74, 6) is -0.601. The van der Waals surface area contributed by atoms with E-state index in [1.165, 1.54) is 12.1 Å². The minimum Gasteiger partial charge on any atom is -0.396 e. The number of pyridine rings is 1. The highest BCUT2D eigenvalue weighted by Crippen LogP contribution is 2.26. The van der Waals surface area contributed by atoms with E-state index in [4.69, 9.17) is 17.2 Å². The Kier molecular flexibility index (Phi) is 2.93. The minimum atomic E-state index is -0.601.